The molecule has 1 aliphatic heterocycles. The summed E-state index contributed by atoms with van der Waals surface area (Å²) in [6.45, 7) is 3.57. The number of aryl methyl sites for hydroxylation is 1. The molecule has 0 N–H and O–H groups in total. The smallest absolute Gasteiger partial charge is 0.274 e. The van der Waals surface area contributed by atoms with E-state index in [1.165, 1.54) is 0 Å². The Bertz CT molecular complexity index is 870. The van der Waals surface area contributed by atoms with Gasteiger partial charge in [-0.25, -0.2) is 4.98 Å². The van der Waals surface area contributed by atoms with Crippen LogP contribution in [0.1, 0.15) is 46.3 Å². The van der Waals surface area contributed by atoms with Crippen molar-refractivity contribution in [2.24, 2.45) is 0 Å². The lowest BCUT2D eigenvalue weighted by Crippen LogP contribution is -2.42. The van der Waals surface area contributed by atoms with E-state index in [0.29, 0.717) is 12.2 Å². The highest BCUT2D eigenvalue weighted by Gasteiger charge is 2.34. The van der Waals surface area contributed by atoms with Crippen LogP contribution in [0, 0.1) is 0 Å². The molecule has 0 aliphatic carbocycles. The summed E-state index contributed by atoms with van der Waals surface area (Å²) in [5.74, 6) is -0.0123. The van der Waals surface area contributed by atoms with Crippen molar-refractivity contribution in [3.8, 4) is 0 Å². The first kappa shape index (κ1) is 16.0. The average molecular weight is 352 g/mol. The molecule has 4 rings (SSSR count). The molecule has 25 heavy (non-hydrogen) atoms. The second kappa shape index (κ2) is 6.80. The summed E-state index contributed by atoms with van der Waals surface area (Å²) in [6, 6.07) is 9.78. The number of carbonyl (C=O) groups is 1. The van der Waals surface area contributed by atoms with Crippen LogP contribution in [0.5, 0.6) is 0 Å². The molecule has 0 radical (unpaired) electrons. The van der Waals surface area contributed by atoms with Gasteiger partial charge in [-0.3, -0.25) is 9.78 Å². The fourth-order valence-electron chi connectivity index (χ4n) is 3.34. The number of hydrogen-bond donors (Lipinski definition) is 0. The van der Waals surface area contributed by atoms with E-state index in [4.69, 9.17) is 0 Å². The minimum absolute atomic E-state index is 0.0123. The topological polar surface area (TPSA) is 51.0 Å². The lowest BCUT2D eigenvalue weighted by Gasteiger charge is -2.36. The molecule has 0 fully saturated rings. The molecule has 1 amide bonds. The van der Waals surface area contributed by atoms with Gasteiger partial charge >= 0.3 is 0 Å². The van der Waals surface area contributed by atoms with Crippen molar-refractivity contribution in [3.63, 3.8) is 0 Å². The summed E-state index contributed by atoms with van der Waals surface area (Å²) in [5, 5.41) is 2.91. The third-order valence-corrected chi connectivity index (χ3v) is 5.41. The first-order valence-electron chi connectivity index (χ1n) is 8.59. The Morgan fingerprint density at radius 3 is 3.00 bits per heavy atom. The fraction of sp³-hybridized carbons (Fsp3) is 0.316. The van der Waals surface area contributed by atoms with E-state index in [9.17, 15) is 4.79 Å². The maximum absolute atomic E-state index is 13.2. The van der Waals surface area contributed by atoms with Crippen LogP contribution in [0.4, 0.5) is 0 Å². The van der Waals surface area contributed by atoms with Gasteiger partial charge in [0.2, 0.25) is 0 Å². The number of rotatable bonds is 4. The highest BCUT2D eigenvalue weighted by Crippen LogP contribution is 2.32. The molecule has 0 saturated carbocycles. The molecule has 1 unspecified atom stereocenters. The number of fused-ring (bicyclic) bond motifs is 1. The molecule has 5 nitrogen and oxygen atoms in total. The van der Waals surface area contributed by atoms with E-state index in [-0.39, 0.29) is 11.9 Å². The molecule has 1 aliphatic rings. The van der Waals surface area contributed by atoms with Crippen LogP contribution in [0.2, 0.25) is 0 Å². The Morgan fingerprint density at radius 1 is 1.28 bits per heavy atom. The van der Waals surface area contributed by atoms with E-state index in [1.807, 2.05) is 34.5 Å². The Balaban J connectivity index is 1.70. The van der Waals surface area contributed by atoms with E-state index in [2.05, 4.69) is 33.7 Å². The normalized spacial score (nSPS) is 16.7. The Kier molecular flexibility index (Phi) is 4.36. The van der Waals surface area contributed by atoms with Crippen LogP contribution < -0.4 is 0 Å². The summed E-state index contributed by atoms with van der Waals surface area (Å²) in [6.07, 6.45) is 5.80. The summed E-state index contributed by atoms with van der Waals surface area (Å²) < 4.78 is 2.20. The molecular formula is C19H20N4OS. The number of amides is 1. The largest absolute Gasteiger partial charge is 0.347 e. The molecule has 0 bridgehead atoms. The molecule has 6 heteroatoms. The van der Waals surface area contributed by atoms with Gasteiger partial charge in [0.25, 0.3) is 5.91 Å². The van der Waals surface area contributed by atoms with Gasteiger partial charge in [-0.1, -0.05) is 13.0 Å². The number of hydrogen-bond acceptors (Lipinski definition) is 4. The maximum Gasteiger partial charge on any atom is 0.274 e. The Labute approximate surface area is 151 Å². The van der Waals surface area contributed by atoms with Crippen molar-refractivity contribution >= 4 is 17.2 Å². The van der Waals surface area contributed by atoms with Gasteiger partial charge in [0.05, 0.1) is 10.7 Å². The number of aromatic nitrogens is 3. The zero-order valence-corrected chi connectivity index (χ0v) is 14.9. The molecule has 0 spiro atoms. The molecule has 0 saturated heterocycles. The quantitative estimate of drug-likeness (QED) is 0.722. The van der Waals surface area contributed by atoms with Crippen LogP contribution in [0.3, 0.4) is 0 Å². The van der Waals surface area contributed by atoms with Gasteiger partial charge < -0.3 is 9.47 Å². The minimum Gasteiger partial charge on any atom is -0.347 e. The van der Waals surface area contributed by atoms with Gasteiger partial charge in [-0.2, -0.15) is 0 Å². The van der Waals surface area contributed by atoms with Crippen molar-refractivity contribution in [2.75, 3.05) is 6.54 Å². The second-order valence-corrected chi connectivity index (χ2v) is 7.10. The molecule has 3 aromatic heterocycles. The maximum atomic E-state index is 13.2. The van der Waals surface area contributed by atoms with Crippen LogP contribution in [-0.4, -0.2) is 31.9 Å². The third kappa shape index (κ3) is 2.98. The van der Waals surface area contributed by atoms with Gasteiger partial charge in [0.1, 0.15) is 11.7 Å². The van der Waals surface area contributed by atoms with Crippen molar-refractivity contribution in [1.82, 2.24) is 19.4 Å². The summed E-state index contributed by atoms with van der Waals surface area (Å²) >= 11 is 1.57. The van der Waals surface area contributed by atoms with Gasteiger partial charge in [0, 0.05) is 36.6 Å². The SMILES string of the molecule is CCCc1nc(C(=O)N2CCn3cccc3C2c2ccccn2)cs1. The van der Waals surface area contributed by atoms with Crippen molar-refractivity contribution in [1.29, 1.82) is 0 Å². The van der Waals surface area contributed by atoms with Crippen LogP contribution in [0.15, 0.2) is 48.1 Å². The fourth-order valence-corrected chi connectivity index (χ4v) is 4.21. The Morgan fingerprint density at radius 2 is 2.20 bits per heavy atom. The standard InChI is InChI=1S/C19H20N4OS/c1-2-6-17-21-15(13-25-17)19(24)23-12-11-22-10-5-8-16(22)18(23)14-7-3-4-9-20-14/h3-5,7-10,13,18H,2,6,11-12H2,1H3. The number of nitrogens with zero attached hydrogens (tertiary/aromatic N) is 4. The van der Waals surface area contributed by atoms with Gasteiger partial charge in [-0.15, -0.1) is 11.3 Å². The van der Waals surface area contributed by atoms with Crippen LogP contribution >= 0.6 is 11.3 Å². The third-order valence-electron chi connectivity index (χ3n) is 4.50. The van der Waals surface area contributed by atoms with Crippen molar-refractivity contribution in [2.45, 2.75) is 32.4 Å². The molecule has 1 atom stereocenters. The highest BCUT2D eigenvalue weighted by molar-refractivity contribution is 7.09. The monoisotopic (exact) mass is 352 g/mol. The summed E-state index contributed by atoms with van der Waals surface area (Å²) in [7, 11) is 0. The second-order valence-electron chi connectivity index (χ2n) is 6.16. The van der Waals surface area contributed by atoms with Crippen LogP contribution in [0.25, 0.3) is 0 Å². The van der Waals surface area contributed by atoms with Crippen LogP contribution in [-0.2, 0) is 13.0 Å². The number of pyridine rings is 1. The lowest BCUT2D eigenvalue weighted by atomic mass is 10.0. The van der Waals surface area contributed by atoms with E-state index >= 15 is 0 Å². The zero-order valence-electron chi connectivity index (χ0n) is 14.1. The predicted molar refractivity (Wildman–Crippen MR) is 97.7 cm³/mol. The molecule has 0 aromatic carbocycles. The molecular weight excluding hydrogens is 332 g/mol. The first-order valence-corrected chi connectivity index (χ1v) is 9.47. The summed E-state index contributed by atoms with van der Waals surface area (Å²) in [4.78, 5) is 24.1. The highest BCUT2D eigenvalue weighted by atomic mass is 32.1. The predicted octanol–water partition coefficient (Wildman–Crippen LogP) is 3.54. The first-order chi connectivity index (χ1) is 12.3. The average Bonchev–Trinajstić information content (AvgIpc) is 3.30. The summed E-state index contributed by atoms with van der Waals surface area (Å²) in [5.41, 5.74) is 2.54. The molecule has 4 heterocycles. The molecule has 128 valence electrons. The number of carbonyl (C=O) groups excluding carboxylic acids is 1. The van der Waals surface area contributed by atoms with Gasteiger partial charge in [-0.05, 0) is 37.1 Å². The number of thiazole rings is 1. The molecule has 3 aromatic rings. The minimum atomic E-state index is -0.172. The van der Waals surface area contributed by atoms with Gasteiger partial charge in [0.15, 0.2) is 0 Å². The van der Waals surface area contributed by atoms with E-state index in [0.717, 1.165) is 35.8 Å². The van der Waals surface area contributed by atoms with E-state index < -0.39 is 0 Å². The van der Waals surface area contributed by atoms with Crippen molar-refractivity contribution < 1.29 is 4.79 Å². The van der Waals surface area contributed by atoms with Crippen molar-refractivity contribution in [3.05, 3.63) is 70.2 Å². The van der Waals surface area contributed by atoms with E-state index in [1.54, 1.807) is 17.5 Å². The zero-order chi connectivity index (χ0) is 17.2. The lowest BCUT2D eigenvalue weighted by molar-refractivity contribution is 0.0654. The Hall–Kier alpha value is -2.47.